The standard InChI is InChI=1S/C54H38N2/c1-5-19-39(20-6-1)42-25-17-26-43(37-42)47-29-13-15-31-50(47)56(45-35-36-46(40-21-7-2-8-22-40)49(38-45)41-23-9-3-10-24-41)53-34-18-33-52-54(53)48-30-14-16-32-51(48)55(52)44-27-11-4-12-28-44/h1-38H. The molecule has 56 heavy (non-hydrogen) atoms. The van der Waals surface area contributed by atoms with Crippen LogP contribution < -0.4 is 4.90 Å². The highest BCUT2D eigenvalue weighted by atomic mass is 15.2. The second-order valence-corrected chi connectivity index (χ2v) is 14.1. The van der Waals surface area contributed by atoms with E-state index < -0.39 is 0 Å². The molecule has 0 aliphatic heterocycles. The molecule has 10 rings (SSSR count). The van der Waals surface area contributed by atoms with Crippen molar-refractivity contribution in [2.45, 2.75) is 0 Å². The van der Waals surface area contributed by atoms with Gasteiger partial charge in [-0.3, -0.25) is 0 Å². The molecule has 0 radical (unpaired) electrons. The highest BCUT2D eigenvalue weighted by Gasteiger charge is 2.24. The van der Waals surface area contributed by atoms with Gasteiger partial charge in [0, 0.05) is 27.7 Å². The van der Waals surface area contributed by atoms with Crippen molar-refractivity contribution in [1.82, 2.24) is 4.57 Å². The molecule has 0 saturated heterocycles. The minimum absolute atomic E-state index is 1.08. The van der Waals surface area contributed by atoms with E-state index in [4.69, 9.17) is 0 Å². The second-order valence-electron chi connectivity index (χ2n) is 14.1. The van der Waals surface area contributed by atoms with Gasteiger partial charge in [0.05, 0.1) is 22.4 Å². The lowest BCUT2D eigenvalue weighted by Crippen LogP contribution is -2.12. The average molecular weight is 715 g/mol. The van der Waals surface area contributed by atoms with Crippen molar-refractivity contribution < 1.29 is 0 Å². The molecule has 0 bridgehead atoms. The lowest BCUT2D eigenvalue weighted by Gasteiger charge is -2.30. The van der Waals surface area contributed by atoms with Gasteiger partial charge in [0.15, 0.2) is 0 Å². The second kappa shape index (κ2) is 14.4. The van der Waals surface area contributed by atoms with E-state index in [2.05, 4.69) is 240 Å². The molecule has 0 amide bonds. The van der Waals surface area contributed by atoms with Crippen LogP contribution >= 0.6 is 0 Å². The zero-order valence-corrected chi connectivity index (χ0v) is 30.8. The first-order chi connectivity index (χ1) is 27.8. The summed E-state index contributed by atoms with van der Waals surface area (Å²) in [6, 6.07) is 83.1. The molecule has 1 aromatic heterocycles. The minimum atomic E-state index is 1.08. The van der Waals surface area contributed by atoms with Gasteiger partial charge >= 0.3 is 0 Å². The van der Waals surface area contributed by atoms with E-state index in [0.29, 0.717) is 0 Å². The molecule has 0 unspecified atom stereocenters. The lowest BCUT2D eigenvalue weighted by molar-refractivity contribution is 1.18. The molecule has 0 spiro atoms. The smallest absolute Gasteiger partial charge is 0.0562 e. The summed E-state index contributed by atoms with van der Waals surface area (Å²) in [6.45, 7) is 0. The molecule has 1 heterocycles. The molecule has 0 aliphatic rings. The molecule has 0 aliphatic carbocycles. The maximum Gasteiger partial charge on any atom is 0.0562 e. The normalized spacial score (nSPS) is 11.2. The summed E-state index contributed by atoms with van der Waals surface area (Å²) < 4.78 is 2.40. The molecule has 0 saturated carbocycles. The number of anilines is 3. The van der Waals surface area contributed by atoms with Gasteiger partial charge in [-0.05, 0) is 93.5 Å². The van der Waals surface area contributed by atoms with E-state index in [9.17, 15) is 0 Å². The summed E-state index contributed by atoms with van der Waals surface area (Å²) in [7, 11) is 0. The number of benzene rings is 9. The van der Waals surface area contributed by atoms with Crippen LogP contribution in [0.15, 0.2) is 231 Å². The first-order valence-electron chi connectivity index (χ1n) is 19.2. The Bertz CT molecular complexity index is 2950. The Morgan fingerprint density at radius 3 is 1.59 bits per heavy atom. The van der Waals surface area contributed by atoms with Crippen molar-refractivity contribution in [3.8, 4) is 50.2 Å². The highest BCUT2D eigenvalue weighted by molar-refractivity contribution is 6.17. The first kappa shape index (κ1) is 33.2. The topological polar surface area (TPSA) is 8.17 Å². The van der Waals surface area contributed by atoms with Crippen LogP contribution in [-0.2, 0) is 0 Å². The summed E-state index contributed by atoms with van der Waals surface area (Å²) >= 11 is 0. The van der Waals surface area contributed by atoms with E-state index >= 15 is 0 Å². The first-order valence-corrected chi connectivity index (χ1v) is 19.2. The van der Waals surface area contributed by atoms with Crippen LogP contribution in [0.2, 0.25) is 0 Å². The Labute approximate surface area is 327 Å². The Hall–Kier alpha value is -7.42. The number of aromatic nitrogens is 1. The number of hydrogen-bond donors (Lipinski definition) is 0. The maximum absolute atomic E-state index is 2.48. The number of rotatable bonds is 8. The molecule has 2 nitrogen and oxygen atoms in total. The number of nitrogens with zero attached hydrogens (tertiary/aromatic N) is 2. The van der Waals surface area contributed by atoms with Crippen molar-refractivity contribution in [3.05, 3.63) is 231 Å². The van der Waals surface area contributed by atoms with Crippen molar-refractivity contribution in [3.63, 3.8) is 0 Å². The molecular formula is C54H38N2. The van der Waals surface area contributed by atoms with E-state index in [1.54, 1.807) is 0 Å². The van der Waals surface area contributed by atoms with Crippen molar-refractivity contribution >= 4 is 38.9 Å². The molecule has 0 fully saturated rings. The van der Waals surface area contributed by atoms with E-state index in [-0.39, 0.29) is 0 Å². The molecule has 264 valence electrons. The molecule has 9 aromatic carbocycles. The molecule has 0 N–H and O–H groups in total. The summed E-state index contributed by atoms with van der Waals surface area (Å²) in [5.41, 5.74) is 16.2. The zero-order chi connectivity index (χ0) is 37.3. The predicted molar refractivity (Wildman–Crippen MR) is 237 cm³/mol. The largest absolute Gasteiger partial charge is 0.309 e. The van der Waals surface area contributed by atoms with Crippen molar-refractivity contribution in [2.24, 2.45) is 0 Å². The van der Waals surface area contributed by atoms with Gasteiger partial charge in [-0.1, -0.05) is 176 Å². The van der Waals surface area contributed by atoms with Crippen LogP contribution in [0.4, 0.5) is 17.1 Å². The van der Waals surface area contributed by atoms with Crippen molar-refractivity contribution in [2.75, 3.05) is 4.90 Å². The summed E-state index contributed by atoms with van der Waals surface area (Å²) in [4.78, 5) is 2.48. The fourth-order valence-electron chi connectivity index (χ4n) is 8.26. The quantitative estimate of drug-likeness (QED) is 0.152. The summed E-state index contributed by atoms with van der Waals surface area (Å²) in [6.07, 6.45) is 0. The van der Waals surface area contributed by atoms with Gasteiger partial charge < -0.3 is 9.47 Å². The SMILES string of the molecule is c1ccc(-c2cccc(-c3ccccc3N(c3ccc(-c4ccccc4)c(-c4ccccc4)c3)c3cccc4c3c3ccccc3n4-c3ccccc3)c2)cc1. The zero-order valence-electron chi connectivity index (χ0n) is 30.8. The third-order valence-electron chi connectivity index (χ3n) is 10.8. The monoisotopic (exact) mass is 714 g/mol. The van der Waals surface area contributed by atoms with Gasteiger partial charge in [0.25, 0.3) is 0 Å². The van der Waals surface area contributed by atoms with E-state index in [1.165, 1.54) is 49.7 Å². The Morgan fingerprint density at radius 2 is 0.839 bits per heavy atom. The van der Waals surface area contributed by atoms with Crippen LogP contribution in [0.1, 0.15) is 0 Å². The number of fused-ring (bicyclic) bond motifs is 3. The fourth-order valence-corrected chi connectivity index (χ4v) is 8.26. The predicted octanol–water partition coefficient (Wildman–Crippen LogP) is 14.9. The average Bonchev–Trinajstić information content (AvgIpc) is 3.63. The Balaban J connectivity index is 1.27. The van der Waals surface area contributed by atoms with Gasteiger partial charge in [-0.25, -0.2) is 0 Å². The number of hydrogen-bond acceptors (Lipinski definition) is 1. The van der Waals surface area contributed by atoms with Crippen LogP contribution in [-0.4, -0.2) is 4.57 Å². The molecule has 10 aromatic rings. The Kier molecular flexibility index (Phi) is 8.55. The maximum atomic E-state index is 2.48. The molecule has 2 heteroatoms. The van der Waals surface area contributed by atoms with Crippen LogP contribution in [0.25, 0.3) is 72.0 Å². The molecule has 0 atom stereocenters. The third kappa shape index (κ3) is 5.95. The lowest BCUT2D eigenvalue weighted by atomic mass is 9.93. The van der Waals surface area contributed by atoms with Gasteiger partial charge in [-0.15, -0.1) is 0 Å². The van der Waals surface area contributed by atoms with Crippen LogP contribution in [0.3, 0.4) is 0 Å². The van der Waals surface area contributed by atoms with E-state index in [1.807, 2.05) is 0 Å². The Morgan fingerprint density at radius 1 is 0.304 bits per heavy atom. The van der Waals surface area contributed by atoms with Gasteiger partial charge in [0.2, 0.25) is 0 Å². The highest BCUT2D eigenvalue weighted by Crippen LogP contribution is 2.48. The van der Waals surface area contributed by atoms with Crippen LogP contribution in [0, 0.1) is 0 Å². The molecular weight excluding hydrogens is 677 g/mol. The van der Waals surface area contributed by atoms with Crippen LogP contribution in [0.5, 0.6) is 0 Å². The third-order valence-corrected chi connectivity index (χ3v) is 10.8. The summed E-state index contributed by atoms with van der Waals surface area (Å²) in [5.74, 6) is 0. The number of para-hydroxylation sites is 3. The van der Waals surface area contributed by atoms with Gasteiger partial charge in [-0.2, -0.15) is 0 Å². The summed E-state index contributed by atoms with van der Waals surface area (Å²) in [5, 5.41) is 2.41. The van der Waals surface area contributed by atoms with Gasteiger partial charge in [0.1, 0.15) is 0 Å². The minimum Gasteiger partial charge on any atom is -0.309 e. The fraction of sp³-hybridized carbons (Fsp3) is 0. The van der Waals surface area contributed by atoms with E-state index in [0.717, 1.165) is 39.4 Å². The van der Waals surface area contributed by atoms with Crippen molar-refractivity contribution in [1.29, 1.82) is 0 Å².